The molecule has 1 amide bonds. The van der Waals surface area contributed by atoms with Crippen molar-refractivity contribution in [3.05, 3.63) is 29.8 Å². The van der Waals surface area contributed by atoms with Gasteiger partial charge < -0.3 is 16.2 Å². The Balaban J connectivity index is 2.05. The first-order valence-electron chi connectivity index (χ1n) is 5.85. The number of hydrogen-bond acceptors (Lipinski definition) is 3. The van der Waals surface area contributed by atoms with Gasteiger partial charge in [-0.25, -0.2) is 4.79 Å². The molecule has 0 aromatic heterocycles. The largest absolute Gasteiger partial charge is 0.478 e. The van der Waals surface area contributed by atoms with Crippen molar-refractivity contribution >= 4 is 17.6 Å². The van der Waals surface area contributed by atoms with Gasteiger partial charge in [-0.15, -0.1) is 0 Å². The molecule has 4 N–H and O–H groups in total. The van der Waals surface area contributed by atoms with E-state index in [-0.39, 0.29) is 17.4 Å². The van der Waals surface area contributed by atoms with E-state index in [4.69, 9.17) is 10.8 Å². The summed E-state index contributed by atoms with van der Waals surface area (Å²) in [5.41, 5.74) is 5.87. The van der Waals surface area contributed by atoms with Crippen molar-refractivity contribution in [3.8, 4) is 0 Å². The topological polar surface area (TPSA) is 92.4 Å². The molecule has 0 spiro atoms. The normalized spacial score (nSPS) is 17.9. The number of hydrogen-bond donors (Lipinski definition) is 3. The summed E-state index contributed by atoms with van der Waals surface area (Å²) in [5.74, 6) is -0.974. The zero-order valence-corrected chi connectivity index (χ0v) is 10.1. The summed E-state index contributed by atoms with van der Waals surface area (Å²) in [7, 11) is 0. The lowest BCUT2D eigenvalue weighted by Crippen LogP contribution is -2.50. The van der Waals surface area contributed by atoms with Crippen molar-refractivity contribution < 1.29 is 14.7 Å². The number of nitrogens with two attached hydrogens (primary N) is 1. The Morgan fingerprint density at radius 3 is 2.33 bits per heavy atom. The average Bonchev–Trinajstić information content (AvgIpc) is 3.13. The summed E-state index contributed by atoms with van der Waals surface area (Å²) in [5, 5.41) is 11.5. The van der Waals surface area contributed by atoms with Crippen LogP contribution in [0.5, 0.6) is 0 Å². The Hall–Kier alpha value is -1.88. The second-order valence-corrected chi connectivity index (χ2v) is 4.89. The molecular formula is C13H16N2O3. The Morgan fingerprint density at radius 2 is 1.89 bits per heavy atom. The molecule has 1 saturated carbocycles. The lowest BCUT2D eigenvalue weighted by molar-refractivity contribution is -0.121. The van der Waals surface area contributed by atoms with E-state index in [2.05, 4.69) is 5.32 Å². The number of benzene rings is 1. The van der Waals surface area contributed by atoms with Gasteiger partial charge in [-0.05, 0) is 49.9 Å². The number of anilines is 1. The molecule has 18 heavy (non-hydrogen) atoms. The Bertz CT molecular complexity index is 476. The molecule has 1 aromatic carbocycles. The number of nitrogens with one attached hydrogen (secondary N) is 1. The van der Waals surface area contributed by atoms with E-state index in [1.807, 2.05) is 0 Å². The third kappa shape index (κ3) is 2.51. The number of carboxylic acid groups (broad SMARTS) is 1. The quantitative estimate of drug-likeness (QED) is 0.752. The zero-order chi connectivity index (χ0) is 13.3. The molecule has 1 aliphatic carbocycles. The van der Waals surface area contributed by atoms with Crippen LogP contribution in [0.25, 0.3) is 0 Å². The molecule has 1 aliphatic rings. The summed E-state index contributed by atoms with van der Waals surface area (Å²) < 4.78 is 0. The van der Waals surface area contributed by atoms with Crippen LogP contribution in [0.1, 0.15) is 30.1 Å². The fourth-order valence-corrected chi connectivity index (χ4v) is 1.83. The van der Waals surface area contributed by atoms with Gasteiger partial charge in [0, 0.05) is 5.69 Å². The number of carbonyl (C=O) groups is 2. The second kappa shape index (κ2) is 4.42. The van der Waals surface area contributed by atoms with Crippen LogP contribution in [0, 0.1) is 5.92 Å². The highest BCUT2D eigenvalue weighted by Gasteiger charge is 2.44. The predicted molar refractivity (Wildman–Crippen MR) is 67.3 cm³/mol. The Morgan fingerprint density at radius 1 is 1.33 bits per heavy atom. The molecule has 0 bridgehead atoms. The second-order valence-electron chi connectivity index (χ2n) is 4.89. The van der Waals surface area contributed by atoms with Crippen LogP contribution < -0.4 is 11.1 Å². The highest BCUT2D eigenvalue weighted by Crippen LogP contribution is 2.38. The minimum absolute atomic E-state index is 0.186. The van der Waals surface area contributed by atoms with Gasteiger partial charge >= 0.3 is 5.97 Å². The number of amides is 1. The highest BCUT2D eigenvalue weighted by atomic mass is 16.4. The van der Waals surface area contributed by atoms with Crippen molar-refractivity contribution in [2.24, 2.45) is 11.7 Å². The van der Waals surface area contributed by atoms with Crippen molar-refractivity contribution in [1.82, 2.24) is 0 Å². The first kappa shape index (κ1) is 12.6. The number of carboxylic acids is 1. The smallest absolute Gasteiger partial charge is 0.335 e. The van der Waals surface area contributed by atoms with E-state index in [9.17, 15) is 9.59 Å². The molecule has 1 unspecified atom stereocenters. The monoisotopic (exact) mass is 248 g/mol. The summed E-state index contributed by atoms with van der Waals surface area (Å²) in [6.45, 7) is 1.73. The van der Waals surface area contributed by atoms with Gasteiger partial charge in [-0.1, -0.05) is 0 Å². The van der Waals surface area contributed by atoms with E-state index in [1.54, 1.807) is 19.1 Å². The summed E-state index contributed by atoms with van der Waals surface area (Å²) >= 11 is 0. The van der Waals surface area contributed by atoms with Gasteiger partial charge in [0.15, 0.2) is 0 Å². The lowest BCUT2D eigenvalue weighted by Gasteiger charge is -2.23. The van der Waals surface area contributed by atoms with Crippen LogP contribution in [0.2, 0.25) is 0 Å². The number of aromatic carboxylic acids is 1. The van der Waals surface area contributed by atoms with Crippen molar-refractivity contribution in [3.63, 3.8) is 0 Å². The first-order valence-corrected chi connectivity index (χ1v) is 5.85. The number of rotatable bonds is 4. The van der Waals surface area contributed by atoms with Crippen molar-refractivity contribution in [1.29, 1.82) is 0 Å². The van der Waals surface area contributed by atoms with E-state index in [0.717, 1.165) is 12.8 Å². The molecule has 5 nitrogen and oxygen atoms in total. The zero-order valence-electron chi connectivity index (χ0n) is 10.1. The predicted octanol–water partition coefficient (Wildman–Crippen LogP) is 1.45. The maximum Gasteiger partial charge on any atom is 0.335 e. The summed E-state index contributed by atoms with van der Waals surface area (Å²) in [6.07, 6.45) is 1.97. The molecule has 0 radical (unpaired) electrons. The van der Waals surface area contributed by atoms with Crippen molar-refractivity contribution in [2.75, 3.05) is 5.32 Å². The third-order valence-corrected chi connectivity index (χ3v) is 3.30. The molecule has 2 rings (SSSR count). The van der Waals surface area contributed by atoms with E-state index < -0.39 is 11.5 Å². The summed E-state index contributed by atoms with van der Waals surface area (Å²) in [4.78, 5) is 22.7. The van der Waals surface area contributed by atoms with Gasteiger partial charge in [-0.2, -0.15) is 0 Å². The van der Waals surface area contributed by atoms with E-state index in [1.165, 1.54) is 12.1 Å². The third-order valence-electron chi connectivity index (χ3n) is 3.30. The van der Waals surface area contributed by atoms with Crippen LogP contribution in [-0.4, -0.2) is 22.5 Å². The van der Waals surface area contributed by atoms with E-state index in [0.29, 0.717) is 5.69 Å². The first-order chi connectivity index (χ1) is 8.41. The van der Waals surface area contributed by atoms with Crippen LogP contribution >= 0.6 is 0 Å². The maximum atomic E-state index is 12.0. The van der Waals surface area contributed by atoms with Gasteiger partial charge in [-0.3, -0.25) is 4.79 Å². The Kier molecular flexibility index (Phi) is 3.09. The minimum atomic E-state index is -0.991. The van der Waals surface area contributed by atoms with Crippen LogP contribution in [0.15, 0.2) is 24.3 Å². The van der Waals surface area contributed by atoms with Crippen LogP contribution in [0.3, 0.4) is 0 Å². The fraction of sp³-hybridized carbons (Fsp3) is 0.385. The molecule has 1 atom stereocenters. The van der Waals surface area contributed by atoms with Crippen LogP contribution in [0.4, 0.5) is 5.69 Å². The molecule has 0 heterocycles. The highest BCUT2D eigenvalue weighted by molar-refractivity contribution is 5.98. The Labute approximate surface area is 105 Å². The number of carbonyl (C=O) groups excluding carboxylic acids is 1. The molecule has 1 aromatic rings. The molecule has 5 heteroatoms. The molecule has 0 aliphatic heterocycles. The van der Waals surface area contributed by atoms with E-state index >= 15 is 0 Å². The minimum Gasteiger partial charge on any atom is -0.478 e. The SMILES string of the molecule is CC(N)(C(=O)Nc1ccc(C(=O)O)cc1)C1CC1. The average molecular weight is 248 g/mol. The van der Waals surface area contributed by atoms with Gasteiger partial charge in [0.2, 0.25) is 5.91 Å². The fourth-order valence-electron chi connectivity index (χ4n) is 1.83. The van der Waals surface area contributed by atoms with Crippen molar-refractivity contribution in [2.45, 2.75) is 25.3 Å². The standard InChI is InChI=1S/C13H16N2O3/c1-13(14,9-4-5-9)12(18)15-10-6-2-8(3-7-10)11(16)17/h2-3,6-7,9H,4-5,14H2,1H3,(H,15,18)(H,16,17). The molecule has 0 saturated heterocycles. The maximum absolute atomic E-state index is 12.0. The molecular weight excluding hydrogens is 232 g/mol. The van der Waals surface area contributed by atoms with Gasteiger partial charge in [0.1, 0.15) is 0 Å². The van der Waals surface area contributed by atoms with Gasteiger partial charge in [0.05, 0.1) is 11.1 Å². The lowest BCUT2D eigenvalue weighted by atomic mass is 9.96. The summed E-state index contributed by atoms with van der Waals surface area (Å²) in [6, 6.07) is 6.01. The van der Waals surface area contributed by atoms with Gasteiger partial charge in [0.25, 0.3) is 0 Å². The molecule has 96 valence electrons. The van der Waals surface area contributed by atoms with Crippen LogP contribution in [-0.2, 0) is 4.79 Å². The molecule has 1 fully saturated rings.